The van der Waals surface area contributed by atoms with Crippen LogP contribution in [0.4, 0.5) is 0 Å². The SMILES string of the molecule is Cc1ccc(C(=O)CN2CCOC(C#N)C2)cc1C. The predicted octanol–water partition coefficient (Wildman–Crippen LogP) is 1.71. The molecular weight excluding hydrogens is 240 g/mol. The maximum Gasteiger partial charge on any atom is 0.176 e. The van der Waals surface area contributed by atoms with E-state index < -0.39 is 6.10 Å². The Labute approximate surface area is 113 Å². The van der Waals surface area contributed by atoms with Gasteiger partial charge in [-0.15, -0.1) is 0 Å². The Morgan fingerprint density at radius 2 is 2.26 bits per heavy atom. The summed E-state index contributed by atoms with van der Waals surface area (Å²) in [5, 5.41) is 8.84. The van der Waals surface area contributed by atoms with Crippen molar-refractivity contribution in [1.82, 2.24) is 4.90 Å². The number of hydrogen-bond donors (Lipinski definition) is 0. The molecule has 1 fully saturated rings. The third kappa shape index (κ3) is 3.40. The molecule has 1 aliphatic rings. The number of hydrogen-bond acceptors (Lipinski definition) is 4. The number of aryl methyl sites for hydroxylation is 2. The van der Waals surface area contributed by atoms with Gasteiger partial charge in [-0.25, -0.2) is 0 Å². The highest BCUT2D eigenvalue weighted by Crippen LogP contribution is 2.12. The Hall–Kier alpha value is -1.70. The molecule has 0 aliphatic carbocycles. The number of morpholine rings is 1. The molecule has 0 amide bonds. The van der Waals surface area contributed by atoms with Crippen LogP contribution in [0.3, 0.4) is 0 Å². The van der Waals surface area contributed by atoms with E-state index in [1.807, 2.05) is 36.9 Å². The number of ketones is 1. The number of ether oxygens (including phenoxy) is 1. The fourth-order valence-corrected chi connectivity index (χ4v) is 2.13. The number of nitrogens with zero attached hydrogens (tertiary/aromatic N) is 2. The summed E-state index contributed by atoms with van der Waals surface area (Å²) in [5.41, 5.74) is 3.05. The van der Waals surface area contributed by atoms with Crippen molar-refractivity contribution in [1.29, 1.82) is 5.26 Å². The molecule has 0 bridgehead atoms. The molecule has 0 aromatic heterocycles. The zero-order chi connectivity index (χ0) is 13.8. The monoisotopic (exact) mass is 258 g/mol. The van der Waals surface area contributed by atoms with Crippen LogP contribution in [-0.2, 0) is 4.74 Å². The van der Waals surface area contributed by atoms with Crippen LogP contribution in [0.25, 0.3) is 0 Å². The number of Topliss-reactive ketones (excluding diaryl/α,β-unsaturated/α-hetero) is 1. The van der Waals surface area contributed by atoms with Crippen LogP contribution in [-0.4, -0.2) is 43.0 Å². The van der Waals surface area contributed by atoms with Crippen molar-refractivity contribution < 1.29 is 9.53 Å². The quantitative estimate of drug-likeness (QED) is 0.774. The summed E-state index contributed by atoms with van der Waals surface area (Å²) >= 11 is 0. The minimum atomic E-state index is -0.415. The second-order valence-electron chi connectivity index (χ2n) is 4.95. The molecule has 1 saturated heterocycles. The third-order valence-corrected chi connectivity index (χ3v) is 3.49. The van der Waals surface area contributed by atoms with Crippen molar-refractivity contribution in [2.24, 2.45) is 0 Å². The predicted molar refractivity (Wildman–Crippen MR) is 72.0 cm³/mol. The van der Waals surface area contributed by atoms with Gasteiger partial charge >= 0.3 is 0 Å². The lowest BCUT2D eigenvalue weighted by Gasteiger charge is -2.28. The minimum absolute atomic E-state index is 0.0988. The highest BCUT2D eigenvalue weighted by atomic mass is 16.5. The van der Waals surface area contributed by atoms with Crippen LogP contribution in [0.5, 0.6) is 0 Å². The van der Waals surface area contributed by atoms with E-state index in [1.165, 1.54) is 5.56 Å². The molecule has 2 rings (SSSR count). The largest absolute Gasteiger partial charge is 0.361 e. The van der Waals surface area contributed by atoms with Crippen molar-refractivity contribution in [3.05, 3.63) is 34.9 Å². The molecule has 0 N–H and O–H groups in total. The normalized spacial score (nSPS) is 19.9. The first-order valence-electron chi connectivity index (χ1n) is 6.44. The van der Waals surface area contributed by atoms with Gasteiger partial charge in [0.15, 0.2) is 11.9 Å². The van der Waals surface area contributed by atoms with Gasteiger partial charge in [-0.05, 0) is 31.0 Å². The first-order valence-corrected chi connectivity index (χ1v) is 6.44. The van der Waals surface area contributed by atoms with E-state index in [1.54, 1.807) is 0 Å². The summed E-state index contributed by atoms with van der Waals surface area (Å²) in [5.74, 6) is 0.0988. The molecule has 19 heavy (non-hydrogen) atoms. The number of benzene rings is 1. The van der Waals surface area contributed by atoms with Gasteiger partial charge in [0.25, 0.3) is 0 Å². The standard InChI is InChI=1S/C15H18N2O2/c1-11-3-4-13(7-12(11)2)15(18)10-17-5-6-19-14(8-16)9-17/h3-4,7,14H,5-6,9-10H2,1-2H3. The zero-order valence-corrected chi connectivity index (χ0v) is 11.3. The van der Waals surface area contributed by atoms with Gasteiger partial charge in [-0.1, -0.05) is 12.1 Å². The number of nitriles is 1. The van der Waals surface area contributed by atoms with E-state index in [4.69, 9.17) is 10.00 Å². The molecule has 1 aromatic rings. The molecule has 0 saturated carbocycles. The second kappa shape index (κ2) is 5.96. The third-order valence-electron chi connectivity index (χ3n) is 3.49. The lowest BCUT2D eigenvalue weighted by Crippen LogP contribution is -2.44. The van der Waals surface area contributed by atoms with E-state index in [-0.39, 0.29) is 5.78 Å². The Bertz CT molecular complexity index is 519. The first-order chi connectivity index (χ1) is 9.10. The topological polar surface area (TPSA) is 53.3 Å². The minimum Gasteiger partial charge on any atom is -0.361 e. The van der Waals surface area contributed by atoms with E-state index in [2.05, 4.69) is 6.07 Å². The number of rotatable bonds is 3. The van der Waals surface area contributed by atoms with Crippen molar-refractivity contribution in [3.8, 4) is 6.07 Å². The van der Waals surface area contributed by atoms with Crippen LogP contribution in [0, 0.1) is 25.2 Å². The lowest BCUT2D eigenvalue weighted by atomic mass is 10.0. The van der Waals surface area contributed by atoms with Gasteiger partial charge < -0.3 is 4.74 Å². The second-order valence-corrected chi connectivity index (χ2v) is 4.95. The molecule has 0 spiro atoms. The van der Waals surface area contributed by atoms with Crippen molar-refractivity contribution in [2.75, 3.05) is 26.2 Å². The highest BCUT2D eigenvalue weighted by Gasteiger charge is 2.22. The fraction of sp³-hybridized carbons (Fsp3) is 0.467. The average Bonchev–Trinajstić information content (AvgIpc) is 2.42. The zero-order valence-electron chi connectivity index (χ0n) is 11.3. The van der Waals surface area contributed by atoms with Gasteiger partial charge in [0.2, 0.25) is 0 Å². The Morgan fingerprint density at radius 1 is 1.47 bits per heavy atom. The summed E-state index contributed by atoms with van der Waals surface area (Å²) in [6, 6.07) is 7.86. The maximum absolute atomic E-state index is 12.2. The van der Waals surface area contributed by atoms with Gasteiger partial charge in [-0.2, -0.15) is 5.26 Å². The molecule has 100 valence electrons. The Morgan fingerprint density at radius 3 is 2.95 bits per heavy atom. The van der Waals surface area contributed by atoms with Gasteiger partial charge in [-0.3, -0.25) is 9.69 Å². The van der Waals surface area contributed by atoms with Crippen LogP contribution in [0.2, 0.25) is 0 Å². The molecule has 4 heteroatoms. The Balaban J connectivity index is 2.00. The molecule has 1 heterocycles. The average molecular weight is 258 g/mol. The lowest BCUT2D eigenvalue weighted by molar-refractivity contribution is 0.00241. The van der Waals surface area contributed by atoms with Crippen LogP contribution in [0.15, 0.2) is 18.2 Å². The summed E-state index contributed by atoms with van der Waals surface area (Å²) in [6.45, 7) is 6.11. The summed E-state index contributed by atoms with van der Waals surface area (Å²) in [4.78, 5) is 14.2. The van der Waals surface area contributed by atoms with E-state index in [0.29, 0.717) is 26.2 Å². The molecule has 1 atom stereocenters. The number of carbonyl (C=O) groups excluding carboxylic acids is 1. The van der Waals surface area contributed by atoms with Crippen molar-refractivity contribution in [3.63, 3.8) is 0 Å². The number of carbonyl (C=O) groups is 1. The van der Waals surface area contributed by atoms with Crippen molar-refractivity contribution >= 4 is 5.78 Å². The van der Waals surface area contributed by atoms with Gasteiger partial charge in [0.1, 0.15) is 0 Å². The van der Waals surface area contributed by atoms with Crippen LogP contribution in [0.1, 0.15) is 21.5 Å². The van der Waals surface area contributed by atoms with Gasteiger partial charge in [0.05, 0.1) is 19.2 Å². The molecule has 1 aromatic carbocycles. The van der Waals surface area contributed by atoms with Crippen LogP contribution < -0.4 is 0 Å². The van der Waals surface area contributed by atoms with E-state index in [0.717, 1.165) is 11.1 Å². The first kappa shape index (κ1) is 13.7. The molecule has 0 radical (unpaired) electrons. The smallest absolute Gasteiger partial charge is 0.176 e. The summed E-state index contributed by atoms with van der Waals surface area (Å²) in [6.07, 6.45) is -0.415. The van der Waals surface area contributed by atoms with Crippen molar-refractivity contribution in [2.45, 2.75) is 20.0 Å². The summed E-state index contributed by atoms with van der Waals surface area (Å²) in [7, 11) is 0. The molecule has 1 unspecified atom stereocenters. The molecular formula is C15H18N2O2. The molecule has 1 aliphatic heterocycles. The fourth-order valence-electron chi connectivity index (χ4n) is 2.13. The van der Waals surface area contributed by atoms with Gasteiger partial charge in [0, 0.05) is 18.7 Å². The molecule has 4 nitrogen and oxygen atoms in total. The van der Waals surface area contributed by atoms with E-state index >= 15 is 0 Å². The van der Waals surface area contributed by atoms with Crippen LogP contribution >= 0.6 is 0 Å². The maximum atomic E-state index is 12.2. The van der Waals surface area contributed by atoms with E-state index in [9.17, 15) is 4.79 Å². The summed E-state index contributed by atoms with van der Waals surface area (Å²) < 4.78 is 5.27. The highest BCUT2D eigenvalue weighted by molar-refractivity contribution is 5.97. The Kier molecular flexibility index (Phi) is 4.31.